The third-order valence-electron chi connectivity index (χ3n) is 2.11. The smallest absolute Gasteiger partial charge is 0.329 e. The zero-order valence-electron chi connectivity index (χ0n) is 6.79. The molecule has 4 heteroatoms. The van der Waals surface area contributed by atoms with Crippen molar-refractivity contribution in [2.24, 2.45) is 5.41 Å². The molecule has 0 saturated heterocycles. The Bertz CT molecular complexity index is 196. The Morgan fingerprint density at radius 1 is 1.58 bits per heavy atom. The number of carbonyl (C=O) groups is 1. The highest BCUT2D eigenvalue weighted by Crippen LogP contribution is 2.44. The van der Waals surface area contributed by atoms with Crippen LogP contribution in [0.15, 0.2) is 12.3 Å². The Labute approximate surface area is 70.9 Å². The van der Waals surface area contributed by atoms with Gasteiger partial charge in [0, 0.05) is 24.2 Å². The van der Waals surface area contributed by atoms with Gasteiger partial charge in [-0.15, -0.1) is 0 Å². The van der Waals surface area contributed by atoms with Crippen LogP contribution in [0.5, 0.6) is 0 Å². The Morgan fingerprint density at radius 2 is 2.25 bits per heavy atom. The maximum absolute atomic E-state index is 10.0. The highest BCUT2D eigenvalue weighted by molar-refractivity contribution is 5.79. The summed E-state index contributed by atoms with van der Waals surface area (Å²) in [4.78, 5) is 10.0. The van der Waals surface area contributed by atoms with Crippen LogP contribution in [0.4, 0.5) is 0 Å². The third-order valence-corrected chi connectivity index (χ3v) is 2.11. The van der Waals surface area contributed by atoms with Crippen LogP contribution in [0.25, 0.3) is 0 Å². The summed E-state index contributed by atoms with van der Waals surface area (Å²) < 4.78 is 0. The fourth-order valence-electron chi connectivity index (χ4n) is 0.973. The van der Waals surface area contributed by atoms with Gasteiger partial charge < -0.3 is 15.5 Å². The monoisotopic (exact) mass is 171 g/mol. The lowest BCUT2D eigenvalue weighted by atomic mass is 10.1. The normalized spacial score (nSPS) is 19.4. The van der Waals surface area contributed by atoms with E-state index in [0.29, 0.717) is 6.54 Å². The molecule has 68 valence electrons. The van der Waals surface area contributed by atoms with Gasteiger partial charge in [-0.2, -0.15) is 0 Å². The third kappa shape index (κ3) is 2.54. The number of carboxylic acid groups (broad SMARTS) is 1. The van der Waals surface area contributed by atoms with E-state index in [2.05, 4.69) is 5.32 Å². The topological polar surface area (TPSA) is 69.6 Å². The second-order valence-electron chi connectivity index (χ2n) is 3.21. The lowest BCUT2D eigenvalue weighted by Crippen LogP contribution is -2.22. The number of hydrogen-bond donors (Lipinski definition) is 3. The van der Waals surface area contributed by atoms with Gasteiger partial charge in [-0.3, -0.25) is 0 Å². The molecular formula is C8H13NO3. The maximum atomic E-state index is 10.0. The first-order valence-corrected chi connectivity index (χ1v) is 3.92. The molecule has 1 saturated carbocycles. The van der Waals surface area contributed by atoms with E-state index in [9.17, 15) is 4.79 Å². The van der Waals surface area contributed by atoms with Crippen LogP contribution in [0.3, 0.4) is 0 Å². The molecule has 0 aromatic carbocycles. The van der Waals surface area contributed by atoms with Gasteiger partial charge in [0.2, 0.25) is 0 Å². The Hall–Kier alpha value is -1.03. The molecular weight excluding hydrogens is 158 g/mol. The predicted octanol–water partition coefficient (Wildman–Crippen LogP) is -0.0532. The highest BCUT2D eigenvalue weighted by atomic mass is 16.4. The average Bonchev–Trinajstić information content (AvgIpc) is 2.79. The fraction of sp³-hybridized carbons (Fsp3) is 0.625. The second-order valence-corrected chi connectivity index (χ2v) is 3.21. The van der Waals surface area contributed by atoms with E-state index < -0.39 is 5.97 Å². The van der Waals surface area contributed by atoms with Crippen LogP contribution < -0.4 is 5.32 Å². The Morgan fingerprint density at radius 3 is 2.67 bits per heavy atom. The molecule has 1 rings (SSSR count). The predicted molar refractivity (Wildman–Crippen MR) is 43.5 cm³/mol. The summed E-state index contributed by atoms with van der Waals surface area (Å²) in [6.07, 6.45) is 4.50. The summed E-state index contributed by atoms with van der Waals surface area (Å²) in [5, 5.41) is 20.0. The number of nitrogens with one attached hydrogen (secondary N) is 1. The minimum absolute atomic E-state index is 0.0306. The minimum atomic E-state index is -0.962. The molecule has 0 bridgehead atoms. The number of aliphatic carboxylic acids is 1. The van der Waals surface area contributed by atoms with Crippen molar-refractivity contribution in [2.45, 2.75) is 12.8 Å². The molecule has 0 radical (unpaired) electrons. The quantitative estimate of drug-likeness (QED) is 0.507. The molecule has 12 heavy (non-hydrogen) atoms. The van der Waals surface area contributed by atoms with Crippen LogP contribution in [-0.2, 0) is 4.79 Å². The van der Waals surface area contributed by atoms with Gasteiger partial charge in [-0.25, -0.2) is 4.79 Å². The molecule has 1 aliphatic carbocycles. The summed E-state index contributed by atoms with van der Waals surface area (Å²) >= 11 is 0. The number of aliphatic hydroxyl groups excluding tert-OH is 1. The van der Waals surface area contributed by atoms with E-state index in [-0.39, 0.29) is 12.0 Å². The van der Waals surface area contributed by atoms with Gasteiger partial charge in [0.1, 0.15) is 0 Å². The Kier molecular flexibility index (Phi) is 2.70. The number of carboxylic acids is 1. The molecule has 0 aliphatic heterocycles. The molecule has 4 nitrogen and oxygen atoms in total. The van der Waals surface area contributed by atoms with E-state index in [1.54, 1.807) is 0 Å². The van der Waals surface area contributed by atoms with Gasteiger partial charge in [0.25, 0.3) is 0 Å². The largest absolute Gasteiger partial charge is 0.478 e. The first-order chi connectivity index (χ1) is 5.68. The van der Waals surface area contributed by atoms with E-state index in [1.165, 1.54) is 6.20 Å². The summed E-state index contributed by atoms with van der Waals surface area (Å²) in [6.45, 7) is 0.841. The van der Waals surface area contributed by atoms with Crippen molar-refractivity contribution < 1.29 is 15.0 Å². The van der Waals surface area contributed by atoms with Crippen LogP contribution in [0.1, 0.15) is 12.8 Å². The summed E-state index contributed by atoms with van der Waals surface area (Å²) in [6, 6.07) is 0. The number of aliphatic hydroxyl groups is 1. The van der Waals surface area contributed by atoms with Gasteiger partial charge in [0.15, 0.2) is 0 Å². The lowest BCUT2D eigenvalue weighted by Gasteiger charge is -2.09. The van der Waals surface area contributed by atoms with E-state index in [1.807, 2.05) is 0 Å². The summed E-state index contributed by atoms with van der Waals surface area (Å²) in [7, 11) is 0. The first-order valence-electron chi connectivity index (χ1n) is 3.92. The molecule has 1 aliphatic rings. The lowest BCUT2D eigenvalue weighted by molar-refractivity contribution is -0.131. The van der Waals surface area contributed by atoms with Crippen molar-refractivity contribution in [3.05, 3.63) is 12.3 Å². The average molecular weight is 171 g/mol. The van der Waals surface area contributed by atoms with Gasteiger partial charge in [-0.05, 0) is 12.8 Å². The molecule has 0 aromatic rings. The summed E-state index contributed by atoms with van der Waals surface area (Å²) in [5.74, 6) is -0.962. The van der Waals surface area contributed by atoms with Gasteiger partial charge >= 0.3 is 5.97 Å². The van der Waals surface area contributed by atoms with Crippen molar-refractivity contribution in [2.75, 3.05) is 13.2 Å². The SMILES string of the molecule is O=C(O)/C=C/NCC1(CO)CC1. The Balaban J connectivity index is 2.14. The standard InChI is InChI=1S/C8H13NO3/c10-6-8(2-3-8)5-9-4-1-7(11)12/h1,4,9-10H,2-3,5-6H2,(H,11,12)/b4-1+. The molecule has 0 aromatic heterocycles. The zero-order chi connectivity index (χ0) is 9.03. The molecule has 1 fully saturated rings. The van der Waals surface area contributed by atoms with Crippen LogP contribution in [0, 0.1) is 5.41 Å². The number of rotatable bonds is 5. The van der Waals surface area contributed by atoms with Crippen molar-refractivity contribution in [1.82, 2.24) is 5.32 Å². The minimum Gasteiger partial charge on any atom is -0.478 e. The van der Waals surface area contributed by atoms with E-state index in [0.717, 1.165) is 18.9 Å². The van der Waals surface area contributed by atoms with E-state index >= 15 is 0 Å². The first kappa shape index (κ1) is 9.06. The van der Waals surface area contributed by atoms with Crippen LogP contribution in [0.2, 0.25) is 0 Å². The molecule has 0 unspecified atom stereocenters. The van der Waals surface area contributed by atoms with Crippen molar-refractivity contribution in [3.63, 3.8) is 0 Å². The molecule has 0 heterocycles. The van der Waals surface area contributed by atoms with Crippen LogP contribution in [-0.4, -0.2) is 29.3 Å². The van der Waals surface area contributed by atoms with Crippen molar-refractivity contribution in [1.29, 1.82) is 0 Å². The second kappa shape index (κ2) is 3.58. The van der Waals surface area contributed by atoms with Crippen molar-refractivity contribution >= 4 is 5.97 Å². The zero-order valence-corrected chi connectivity index (χ0v) is 6.79. The molecule has 0 amide bonds. The fourth-order valence-corrected chi connectivity index (χ4v) is 0.973. The van der Waals surface area contributed by atoms with Gasteiger partial charge in [0.05, 0.1) is 6.61 Å². The molecule has 0 spiro atoms. The van der Waals surface area contributed by atoms with E-state index in [4.69, 9.17) is 10.2 Å². The maximum Gasteiger partial charge on any atom is 0.329 e. The highest BCUT2D eigenvalue weighted by Gasteiger charge is 2.41. The molecule has 3 N–H and O–H groups in total. The van der Waals surface area contributed by atoms with Crippen molar-refractivity contribution in [3.8, 4) is 0 Å². The number of hydrogen-bond acceptors (Lipinski definition) is 3. The van der Waals surface area contributed by atoms with Gasteiger partial charge in [-0.1, -0.05) is 0 Å². The summed E-state index contributed by atoms with van der Waals surface area (Å²) in [5.41, 5.74) is 0.0306. The molecule has 0 atom stereocenters. The van der Waals surface area contributed by atoms with Crippen LogP contribution >= 0.6 is 0 Å².